The fourth-order valence-electron chi connectivity index (χ4n) is 2.20. The largest absolute Gasteiger partial charge is 0.352 e. The third-order valence-electron chi connectivity index (χ3n) is 3.12. The Morgan fingerprint density at radius 2 is 2.28 bits per heavy atom. The molecule has 0 spiro atoms. The molecule has 0 saturated carbocycles. The van der Waals surface area contributed by atoms with Crippen LogP contribution in [0.15, 0.2) is 35.8 Å². The van der Waals surface area contributed by atoms with E-state index in [2.05, 4.69) is 10.6 Å². The van der Waals surface area contributed by atoms with Gasteiger partial charge in [0.05, 0.1) is 10.6 Å². The number of carbonyl (C=O) groups excluding carboxylic acids is 1. The lowest BCUT2D eigenvalue weighted by atomic mass is 10.3. The Hall–Kier alpha value is -1.20. The lowest BCUT2D eigenvalue weighted by Gasteiger charge is -2.23. The Morgan fingerprint density at radius 3 is 2.94 bits per heavy atom. The summed E-state index contributed by atoms with van der Waals surface area (Å²) in [6, 6.07) is 7.95. The molecule has 0 aliphatic carbocycles. The topological polar surface area (TPSA) is 25.2 Å². The van der Waals surface area contributed by atoms with E-state index in [0.29, 0.717) is 0 Å². The standard InChI is InChI=1S/C13H14N2OS2/c1-14-6-2-4-10(14)13-15(7-9-18-13)12(16)11-5-3-8-17-11/h2-6,8,13H,7,9H2,1H3. The van der Waals surface area contributed by atoms with Gasteiger partial charge in [-0.05, 0) is 23.6 Å². The van der Waals surface area contributed by atoms with Crippen molar-refractivity contribution < 1.29 is 4.79 Å². The maximum Gasteiger partial charge on any atom is 0.265 e. The molecule has 1 amide bonds. The molecule has 18 heavy (non-hydrogen) atoms. The highest BCUT2D eigenvalue weighted by atomic mass is 32.2. The van der Waals surface area contributed by atoms with Crippen molar-refractivity contribution in [3.63, 3.8) is 0 Å². The van der Waals surface area contributed by atoms with E-state index >= 15 is 0 Å². The summed E-state index contributed by atoms with van der Waals surface area (Å²) in [6.45, 7) is 0.831. The van der Waals surface area contributed by atoms with E-state index in [1.807, 2.05) is 53.5 Å². The molecule has 1 unspecified atom stereocenters. The molecule has 3 rings (SSSR count). The van der Waals surface area contributed by atoms with Crippen molar-refractivity contribution in [1.82, 2.24) is 9.47 Å². The van der Waals surface area contributed by atoms with Gasteiger partial charge in [0.2, 0.25) is 0 Å². The molecule has 1 atom stereocenters. The molecule has 94 valence electrons. The van der Waals surface area contributed by atoms with Crippen LogP contribution in [0.5, 0.6) is 0 Å². The first-order valence-corrected chi connectivity index (χ1v) is 7.77. The van der Waals surface area contributed by atoms with Gasteiger partial charge in [0.15, 0.2) is 0 Å². The SMILES string of the molecule is Cn1cccc1C1SCCN1C(=O)c1cccs1. The molecule has 3 nitrogen and oxygen atoms in total. The highest BCUT2D eigenvalue weighted by molar-refractivity contribution is 7.99. The van der Waals surface area contributed by atoms with Crippen molar-refractivity contribution >= 4 is 29.0 Å². The first kappa shape index (κ1) is 11.9. The molecule has 0 N–H and O–H groups in total. The zero-order chi connectivity index (χ0) is 12.5. The molecule has 1 aliphatic rings. The summed E-state index contributed by atoms with van der Waals surface area (Å²) < 4.78 is 2.09. The van der Waals surface area contributed by atoms with Gasteiger partial charge in [0.1, 0.15) is 5.37 Å². The molecule has 0 radical (unpaired) electrons. The average Bonchev–Trinajstić information content (AvgIpc) is 3.09. The quantitative estimate of drug-likeness (QED) is 0.844. The van der Waals surface area contributed by atoms with E-state index in [0.717, 1.165) is 17.2 Å². The summed E-state index contributed by atoms with van der Waals surface area (Å²) in [5, 5.41) is 2.10. The Bertz CT molecular complexity index is 547. The number of thioether (sulfide) groups is 1. The summed E-state index contributed by atoms with van der Waals surface area (Å²) in [5.74, 6) is 1.16. The highest BCUT2D eigenvalue weighted by Crippen LogP contribution is 2.38. The van der Waals surface area contributed by atoms with Crippen LogP contribution in [0.3, 0.4) is 0 Å². The number of aryl methyl sites for hydroxylation is 1. The Labute approximate surface area is 114 Å². The van der Waals surface area contributed by atoms with Crippen LogP contribution in [0.4, 0.5) is 0 Å². The Balaban J connectivity index is 1.88. The minimum absolute atomic E-state index is 0.152. The number of rotatable bonds is 2. The molecule has 0 aromatic carbocycles. The lowest BCUT2D eigenvalue weighted by molar-refractivity contribution is 0.0762. The van der Waals surface area contributed by atoms with E-state index in [1.165, 1.54) is 17.0 Å². The van der Waals surface area contributed by atoms with Crippen molar-refractivity contribution in [3.05, 3.63) is 46.4 Å². The number of carbonyl (C=O) groups is 1. The van der Waals surface area contributed by atoms with Gasteiger partial charge in [0.25, 0.3) is 5.91 Å². The van der Waals surface area contributed by atoms with Crippen LogP contribution in [0.25, 0.3) is 0 Å². The predicted molar refractivity (Wildman–Crippen MR) is 76.0 cm³/mol. The van der Waals surface area contributed by atoms with Crippen molar-refractivity contribution in [3.8, 4) is 0 Å². The molecule has 2 aromatic rings. The van der Waals surface area contributed by atoms with Crippen molar-refractivity contribution in [1.29, 1.82) is 0 Å². The number of amides is 1. The Morgan fingerprint density at radius 1 is 1.39 bits per heavy atom. The second kappa shape index (κ2) is 4.82. The minimum Gasteiger partial charge on any atom is -0.352 e. The van der Waals surface area contributed by atoms with E-state index in [1.54, 1.807) is 0 Å². The summed E-state index contributed by atoms with van der Waals surface area (Å²) in [6.07, 6.45) is 2.03. The molecule has 1 aliphatic heterocycles. The summed E-state index contributed by atoms with van der Waals surface area (Å²) in [4.78, 5) is 15.2. The molecule has 0 bridgehead atoms. The van der Waals surface area contributed by atoms with Gasteiger partial charge in [-0.3, -0.25) is 4.79 Å². The molecular weight excluding hydrogens is 264 g/mol. The van der Waals surface area contributed by atoms with Gasteiger partial charge >= 0.3 is 0 Å². The highest BCUT2D eigenvalue weighted by Gasteiger charge is 2.32. The van der Waals surface area contributed by atoms with Crippen molar-refractivity contribution in [2.75, 3.05) is 12.3 Å². The Kier molecular flexibility index (Phi) is 3.18. The van der Waals surface area contributed by atoms with Gasteiger partial charge in [0, 0.05) is 25.5 Å². The fourth-order valence-corrected chi connectivity index (χ4v) is 4.20. The molecular formula is C13H14N2OS2. The minimum atomic E-state index is 0.152. The summed E-state index contributed by atoms with van der Waals surface area (Å²) in [7, 11) is 2.03. The summed E-state index contributed by atoms with van der Waals surface area (Å²) >= 11 is 3.35. The zero-order valence-electron chi connectivity index (χ0n) is 10.1. The normalized spacial score (nSPS) is 19.4. The van der Waals surface area contributed by atoms with Crippen LogP contribution >= 0.6 is 23.1 Å². The van der Waals surface area contributed by atoms with Crippen LogP contribution in [-0.2, 0) is 7.05 Å². The predicted octanol–water partition coefficient (Wildman–Crippen LogP) is 2.97. The number of aromatic nitrogens is 1. The second-order valence-electron chi connectivity index (χ2n) is 4.24. The first-order valence-electron chi connectivity index (χ1n) is 5.84. The third kappa shape index (κ3) is 1.97. The first-order chi connectivity index (χ1) is 8.77. The van der Waals surface area contributed by atoms with Crippen LogP contribution in [0.2, 0.25) is 0 Å². The lowest BCUT2D eigenvalue weighted by Crippen LogP contribution is -2.30. The molecule has 3 heterocycles. The zero-order valence-corrected chi connectivity index (χ0v) is 11.7. The van der Waals surface area contributed by atoms with E-state index in [9.17, 15) is 4.79 Å². The second-order valence-corrected chi connectivity index (χ2v) is 6.38. The average molecular weight is 278 g/mol. The van der Waals surface area contributed by atoms with Crippen LogP contribution in [0.1, 0.15) is 20.7 Å². The smallest absolute Gasteiger partial charge is 0.265 e. The van der Waals surface area contributed by atoms with Gasteiger partial charge in [-0.1, -0.05) is 6.07 Å². The summed E-state index contributed by atoms with van der Waals surface area (Å²) in [5.41, 5.74) is 1.20. The number of hydrogen-bond acceptors (Lipinski definition) is 3. The molecule has 1 saturated heterocycles. The molecule has 1 fully saturated rings. The monoisotopic (exact) mass is 278 g/mol. The van der Waals surface area contributed by atoms with Crippen molar-refractivity contribution in [2.45, 2.75) is 5.37 Å². The van der Waals surface area contributed by atoms with E-state index in [-0.39, 0.29) is 11.3 Å². The maximum atomic E-state index is 12.4. The number of nitrogens with zero attached hydrogens (tertiary/aromatic N) is 2. The van der Waals surface area contributed by atoms with Gasteiger partial charge in [-0.2, -0.15) is 0 Å². The fraction of sp³-hybridized carbons (Fsp3) is 0.308. The van der Waals surface area contributed by atoms with Gasteiger partial charge in [-0.15, -0.1) is 23.1 Å². The maximum absolute atomic E-state index is 12.4. The third-order valence-corrected chi connectivity index (χ3v) is 5.21. The number of thiophene rings is 1. The van der Waals surface area contributed by atoms with E-state index < -0.39 is 0 Å². The molecule has 5 heteroatoms. The molecule has 2 aromatic heterocycles. The van der Waals surface area contributed by atoms with Crippen LogP contribution in [-0.4, -0.2) is 27.7 Å². The van der Waals surface area contributed by atoms with Crippen LogP contribution in [0, 0.1) is 0 Å². The van der Waals surface area contributed by atoms with E-state index in [4.69, 9.17) is 0 Å². The van der Waals surface area contributed by atoms with Gasteiger partial charge in [-0.25, -0.2) is 0 Å². The van der Waals surface area contributed by atoms with Crippen molar-refractivity contribution in [2.24, 2.45) is 7.05 Å². The number of hydrogen-bond donors (Lipinski definition) is 0. The van der Waals surface area contributed by atoms with Crippen LogP contribution < -0.4 is 0 Å². The van der Waals surface area contributed by atoms with Gasteiger partial charge < -0.3 is 9.47 Å².